The Labute approximate surface area is 104 Å². The predicted molar refractivity (Wildman–Crippen MR) is 75.2 cm³/mol. The van der Waals surface area contributed by atoms with Crippen LogP contribution >= 0.6 is 22.7 Å². The van der Waals surface area contributed by atoms with E-state index in [9.17, 15) is 0 Å². The summed E-state index contributed by atoms with van der Waals surface area (Å²) in [6.07, 6.45) is 2.25. The molecule has 0 aliphatic rings. The summed E-state index contributed by atoms with van der Waals surface area (Å²) in [5.41, 5.74) is 2.70. The van der Waals surface area contributed by atoms with Crippen molar-refractivity contribution in [1.29, 1.82) is 0 Å². The molecule has 2 aromatic rings. The number of rotatable bonds is 4. The zero-order valence-corrected chi connectivity index (χ0v) is 11.1. The summed E-state index contributed by atoms with van der Waals surface area (Å²) in [7, 11) is 1.98. The molecule has 0 amide bonds. The largest absolute Gasteiger partial charge is 0.316 e. The van der Waals surface area contributed by atoms with Crippen molar-refractivity contribution in [3.63, 3.8) is 0 Å². The van der Waals surface area contributed by atoms with Crippen LogP contribution in [-0.4, -0.2) is 13.6 Å². The van der Waals surface area contributed by atoms with E-state index in [-0.39, 0.29) is 0 Å². The normalized spacial score (nSPS) is 12.0. The predicted octanol–water partition coefficient (Wildman–Crippen LogP) is 4.10. The molecule has 0 bridgehead atoms. The Balaban J connectivity index is 2.17. The van der Waals surface area contributed by atoms with Crippen molar-refractivity contribution >= 4 is 28.7 Å². The van der Waals surface area contributed by atoms with Crippen LogP contribution in [0.1, 0.15) is 11.8 Å². The van der Waals surface area contributed by atoms with Gasteiger partial charge < -0.3 is 5.32 Å². The van der Waals surface area contributed by atoms with Crippen molar-refractivity contribution in [2.24, 2.45) is 0 Å². The Bertz CT molecular complexity index is 466. The van der Waals surface area contributed by atoms with Crippen molar-refractivity contribution in [3.05, 3.63) is 39.4 Å². The Hall–Kier alpha value is -0.900. The highest BCUT2D eigenvalue weighted by molar-refractivity contribution is 7.15. The van der Waals surface area contributed by atoms with Gasteiger partial charge in [-0.15, -0.1) is 22.7 Å². The topological polar surface area (TPSA) is 12.0 Å². The van der Waals surface area contributed by atoms with Gasteiger partial charge in [0.05, 0.1) is 0 Å². The number of likely N-dealkylation sites (N-methyl/N-ethyl adjacent to an activating group) is 1. The fourth-order valence-electron chi connectivity index (χ4n) is 1.57. The van der Waals surface area contributed by atoms with Crippen LogP contribution in [0.5, 0.6) is 0 Å². The smallest absolute Gasteiger partial charge is 0.0351 e. The van der Waals surface area contributed by atoms with Gasteiger partial charge in [0, 0.05) is 21.9 Å². The first-order valence-corrected chi connectivity index (χ1v) is 6.99. The Morgan fingerprint density at radius 1 is 1.44 bits per heavy atom. The molecule has 0 aromatic carbocycles. The minimum absolute atomic E-state index is 0.951. The molecule has 2 rings (SSSR count). The Morgan fingerprint density at radius 2 is 2.31 bits per heavy atom. The lowest BCUT2D eigenvalue weighted by Crippen LogP contribution is -2.08. The zero-order chi connectivity index (χ0) is 11.4. The zero-order valence-electron chi connectivity index (χ0n) is 9.49. The molecule has 0 atom stereocenters. The molecule has 0 aliphatic heterocycles. The van der Waals surface area contributed by atoms with Gasteiger partial charge in [-0.3, -0.25) is 0 Å². The summed E-state index contributed by atoms with van der Waals surface area (Å²) in [6.45, 7) is 3.10. The fourth-order valence-corrected chi connectivity index (χ4v) is 3.28. The minimum atomic E-state index is 0.951. The van der Waals surface area contributed by atoms with E-state index in [4.69, 9.17) is 0 Å². The molecular formula is C13H15NS2. The quantitative estimate of drug-likeness (QED) is 0.860. The molecule has 0 aliphatic carbocycles. The molecular weight excluding hydrogens is 234 g/mol. The average molecular weight is 249 g/mol. The maximum Gasteiger partial charge on any atom is 0.0351 e. The van der Waals surface area contributed by atoms with Crippen LogP contribution in [0, 0.1) is 0 Å². The third-order valence-corrected chi connectivity index (χ3v) is 4.07. The van der Waals surface area contributed by atoms with Gasteiger partial charge in [-0.05, 0) is 42.9 Å². The Kier molecular flexibility index (Phi) is 3.93. The standard InChI is InChI=1S/C13H15NS2/c1-10(8-14-2)6-12-7-11(9-16-12)13-4-3-5-15-13/h3-7,9,14H,8H2,1-2H3. The number of nitrogens with one attached hydrogen (secondary N) is 1. The minimum Gasteiger partial charge on any atom is -0.316 e. The summed E-state index contributed by atoms with van der Waals surface area (Å²) >= 11 is 3.60. The van der Waals surface area contributed by atoms with E-state index < -0.39 is 0 Å². The van der Waals surface area contributed by atoms with Gasteiger partial charge >= 0.3 is 0 Å². The summed E-state index contributed by atoms with van der Waals surface area (Å²) in [4.78, 5) is 2.68. The molecule has 1 nitrogen and oxygen atoms in total. The van der Waals surface area contributed by atoms with Crippen LogP contribution in [0.4, 0.5) is 0 Å². The van der Waals surface area contributed by atoms with Crippen molar-refractivity contribution in [3.8, 4) is 10.4 Å². The second-order valence-corrected chi connectivity index (χ2v) is 5.63. The van der Waals surface area contributed by atoms with Crippen LogP contribution in [0.25, 0.3) is 16.5 Å². The number of hydrogen-bond acceptors (Lipinski definition) is 3. The van der Waals surface area contributed by atoms with Crippen LogP contribution < -0.4 is 5.32 Å². The third kappa shape index (κ3) is 2.82. The molecule has 2 heterocycles. The first-order valence-electron chi connectivity index (χ1n) is 5.24. The summed E-state index contributed by atoms with van der Waals surface area (Å²) in [5.74, 6) is 0. The van der Waals surface area contributed by atoms with E-state index in [2.05, 4.69) is 47.3 Å². The lowest BCUT2D eigenvalue weighted by Gasteiger charge is -1.97. The maximum atomic E-state index is 3.16. The summed E-state index contributed by atoms with van der Waals surface area (Å²) in [6, 6.07) is 6.52. The summed E-state index contributed by atoms with van der Waals surface area (Å²) < 4.78 is 0. The molecule has 3 heteroatoms. The van der Waals surface area contributed by atoms with E-state index >= 15 is 0 Å². The van der Waals surface area contributed by atoms with Gasteiger partial charge in [0.25, 0.3) is 0 Å². The number of thiophene rings is 2. The SMILES string of the molecule is CNCC(C)=Cc1cc(-c2cccs2)cs1. The van der Waals surface area contributed by atoms with Gasteiger partial charge in [0.15, 0.2) is 0 Å². The lowest BCUT2D eigenvalue weighted by molar-refractivity contribution is 0.885. The van der Waals surface area contributed by atoms with E-state index in [0.717, 1.165) is 6.54 Å². The second kappa shape index (κ2) is 5.43. The molecule has 16 heavy (non-hydrogen) atoms. The molecule has 0 saturated heterocycles. The highest BCUT2D eigenvalue weighted by Gasteiger charge is 2.01. The first kappa shape index (κ1) is 11.6. The highest BCUT2D eigenvalue weighted by Crippen LogP contribution is 2.30. The van der Waals surface area contributed by atoms with Crippen molar-refractivity contribution in [1.82, 2.24) is 5.32 Å². The van der Waals surface area contributed by atoms with E-state index in [1.165, 1.54) is 20.9 Å². The van der Waals surface area contributed by atoms with Crippen LogP contribution in [0.3, 0.4) is 0 Å². The van der Waals surface area contributed by atoms with Gasteiger partial charge in [-0.1, -0.05) is 11.6 Å². The van der Waals surface area contributed by atoms with Crippen molar-refractivity contribution in [2.75, 3.05) is 13.6 Å². The average Bonchev–Trinajstić information content (AvgIpc) is 2.86. The summed E-state index contributed by atoms with van der Waals surface area (Å²) in [5, 5.41) is 7.51. The van der Waals surface area contributed by atoms with Gasteiger partial charge in [0.1, 0.15) is 0 Å². The Morgan fingerprint density at radius 3 is 3.00 bits per heavy atom. The molecule has 2 aromatic heterocycles. The molecule has 84 valence electrons. The van der Waals surface area contributed by atoms with Crippen LogP contribution in [-0.2, 0) is 0 Å². The van der Waals surface area contributed by atoms with E-state index in [1.54, 1.807) is 22.7 Å². The van der Waals surface area contributed by atoms with Crippen LogP contribution in [0.2, 0.25) is 0 Å². The molecule has 1 N–H and O–H groups in total. The van der Waals surface area contributed by atoms with Crippen LogP contribution in [0.15, 0.2) is 34.5 Å². The van der Waals surface area contributed by atoms with Crippen molar-refractivity contribution in [2.45, 2.75) is 6.92 Å². The van der Waals surface area contributed by atoms with Gasteiger partial charge in [-0.2, -0.15) is 0 Å². The monoisotopic (exact) mass is 249 g/mol. The molecule has 0 saturated carbocycles. The fraction of sp³-hybridized carbons (Fsp3) is 0.231. The first-order chi connectivity index (χ1) is 7.79. The number of hydrogen-bond donors (Lipinski definition) is 1. The second-order valence-electron chi connectivity index (χ2n) is 3.74. The molecule has 0 fully saturated rings. The van der Waals surface area contributed by atoms with Gasteiger partial charge in [0.2, 0.25) is 0 Å². The molecule has 0 spiro atoms. The van der Waals surface area contributed by atoms with Gasteiger partial charge in [-0.25, -0.2) is 0 Å². The van der Waals surface area contributed by atoms with E-state index in [1.807, 2.05) is 7.05 Å². The van der Waals surface area contributed by atoms with E-state index in [0.29, 0.717) is 0 Å². The third-order valence-electron chi connectivity index (χ3n) is 2.27. The lowest BCUT2D eigenvalue weighted by atomic mass is 10.2. The molecule has 0 radical (unpaired) electrons. The highest BCUT2D eigenvalue weighted by atomic mass is 32.1. The van der Waals surface area contributed by atoms with Crippen molar-refractivity contribution < 1.29 is 0 Å². The maximum absolute atomic E-state index is 3.16. The molecule has 0 unspecified atom stereocenters.